The molecule has 0 amide bonds. The fraction of sp³-hybridized carbons (Fsp3) is 0.333. The minimum Gasteiger partial charge on any atom is -0.480 e. The molecular weight excluding hydrogens is 170 g/mol. The lowest BCUT2D eigenvalue weighted by Gasteiger charge is -2.03. The molecule has 0 aliphatic rings. The third-order valence-corrected chi connectivity index (χ3v) is 1.47. The van der Waals surface area contributed by atoms with Gasteiger partial charge in [0.25, 0.3) is 0 Å². The van der Waals surface area contributed by atoms with Crippen molar-refractivity contribution in [3.05, 3.63) is 24.0 Å². The molecule has 1 aromatic heterocycles. The fourth-order valence-electron chi connectivity index (χ4n) is 0.741. The Morgan fingerprint density at radius 2 is 2.31 bits per heavy atom. The van der Waals surface area contributed by atoms with E-state index in [1.165, 1.54) is 7.11 Å². The number of carbonyl (C=O) groups excluding carboxylic acids is 1. The van der Waals surface area contributed by atoms with Gasteiger partial charge < -0.3 is 9.47 Å². The summed E-state index contributed by atoms with van der Waals surface area (Å²) >= 11 is 0. The van der Waals surface area contributed by atoms with E-state index in [9.17, 15) is 4.79 Å². The maximum Gasteiger partial charge on any atom is 0.343 e. The van der Waals surface area contributed by atoms with E-state index < -0.39 is 5.97 Å². The van der Waals surface area contributed by atoms with Gasteiger partial charge in [-0.1, -0.05) is 0 Å². The molecule has 1 rings (SSSR count). The van der Waals surface area contributed by atoms with Gasteiger partial charge in [0.05, 0.1) is 13.3 Å². The van der Waals surface area contributed by atoms with E-state index in [1.54, 1.807) is 12.3 Å². The Labute approximate surface area is 76.5 Å². The van der Waals surface area contributed by atoms with Gasteiger partial charge in [0, 0.05) is 5.69 Å². The van der Waals surface area contributed by atoms with Crippen LogP contribution in [0.15, 0.2) is 18.3 Å². The molecule has 70 valence electrons. The van der Waals surface area contributed by atoms with E-state index in [0.29, 0.717) is 5.75 Å². The average Bonchev–Trinajstić information content (AvgIpc) is 2.16. The van der Waals surface area contributed by atoms with E-state index in [1.807, 2.05) is 13.0 Å². The summed E-state index contributed by atoms with van der Waals surface area (Å²) in [5.74, 6) is 0.163. The first-order valence-corrected chi connectivity index (χ1v) is 3.84. The highest BCUT2D eigenvalue weighted by Crippen LogP contribution is 2.07. The molecule has 0 spiro atoms. The van der Waals surface area contributed by atoms with Crippen LogP contribution in [0.1, 0.15) is 5.69 Å². The standard InChI is InChI=1S/C9H11NO3/c1-7-3-4-8(5-10-7)13-6-9(11)12-2/h3-5H,6H2,1-2H3. The van der Waals surface area contributed by atoms with Crippen LogP contribution in [0.5, 0.6) is 5.75 Å². The third kappa shape index (κ3) is 3.11. The van der Waals surface area contributed by atoms with Crippen LogP contribution >= 0.6 is 0 Å². The molecule has 0 aromatic carbocycles. The van der Waals surface area contributed by atoms with Gasteiger partial charge in [-0.15, -0.1) is 0 Å². The van der Waals surface area contributed by atoms with Gasteiger partial charge in [-0.05, 0) is 19.1 Å². The van der Waals surface area contributed by atoms with E-state index in [-0.39, 0.29) is 6.61 Å². The topological polar surface area (TPSA) is 48.4 Å². The highest BCUT2D eigenvalue weighted by molar-refractivity contribution is 5.70. The van der Waals surface area contributed by atoms with Crippen molar-refractivity contribution in [2.45, 2.75) is 6.92 Å². The summed E-state index contributed by atoms with van der Waals surface area (Å²) in [7, 11) is 1.32. The minimum absolute atomic E-state index is 0.0821. The molecule has 1 heterocycles. The molecule has 0 bridgehead atoms. The van der Waals surface area contributed by atoms with Gasteiger partial charge in [0.1, 0.15) is 5.75 Å². The second-order valence-electron chi connectivity index (χ2n) is 2.50. The van der Waals surface area contributed by atoms with Crippen molar-refractivity contribution >= 4 is 5.97 Å². The highest BCUT2D eigenvalue weighted by Gasteiger charge is 2.00. The Balaban J connectivity index is 2.46. The van der Waals surface area contributed by atoms with Crippen LogP contribution in [-0.2, 0) is 9.53 Å². The molecule has 0 saturated carbocycles. The third-order valence-electron chi connectivity index (χ3n) is 1.47. The summed E-state index contributed by atoms with van der Waals surface area (Å²) in [6.07, 6.45) is 1.57. The molecule has 0 atom stereocenters. The lowest BCUT2D eigenvalue weighted by atomic mass is 10.4. The van der Waals surface area contributed by atoms with Crippen molar-refractivity contribution in [1.82, 2.24) is 4.98 Å². The van der Waals surface area contributed by atoms with Crippen molar-refractivity contribution in [3.63, 3.8) is 0 Å². The van der Waals surface area contributed by atoms with Gasteiger partial charge >= 0.3 is 5.97 Å². The van der Waals surface area contributed by atoms with E-state index in [2.05, 4.69) is 9.72 Å². The maximum atomic E-state index is 10.7. The zero-order valence-electron chi connectivity index (χ0n) is 7.61. The normalized spacial score (nSPS) is 9.38. The predicted molar refractivity (Wildman–Crippen MR) is 46.5 cm³/mol. The summed E-state index contributed by atoms with van der Waals surface area (Å²) < 4.78 is 9.49. The molecule has 0 N–H and O–H groups in total. The van der Waals surface area contributed by atoms with Crippen LogP contribution < -0.4 is 4.74 Å². The Morgan fingerprint density at radius 1 is 1.54 bits per heavy atom. The molecule has 13 heavy (non-hydrogen) atoms. The number of esters is 1. The number of aryl methyl sites for hydroxylation is 1. The summed E-state index contributed by atoms with van der Waals surface area (Å²) in [4.78, 5) is 14.7. The summed E-state index contributed by atoms with van der Waals surface area (Å²) in [6, 6.07) is 3.57. The number of methoxy groups -OCH3 is 1. The van der Waals surface area contributed by atoms with Crippen LogP contribution in [0.25, 0.3) is 0 Å². The zero-order valence-corrected chi connectivity index (χ0v) is 7.61. The molecule has 4 nitrogen and oxygen atoms in total. The Kier molecular flexibility index (Phi) is 3.25. The lowest BCUT2D eigenvalue weighted by Crippen LogP contribution is -2.12. The first kappa shape index (κ1) is 9.51. The molecule has 0 unspecified atom stereocenters. The minimum atomic E-state index is -0.402. The number of hydrogen-bond donors (Lipinski definition) is 0. The SMILES string of the molecule is COC(=O)COc1ccc(C)nc1. The summed E-state index contributed by atoms with van der Waals surface area (Å²) in [5, 5.41) is 0. The average molecular weight is 181 g/mol. The molecule has 1 aromatic rings. The second-order valence-corrected chi connectivity index (χ2v) is 2.50. The predicted octanol–water partition coefficient (Wildman–Crippen LogP) is 0.942. The Morgan fingerprint density at radius 3 is 2.85 bits per heavy atom. The summed E-state index contributed by atoms with van der Waals surface area (Å²) in [5.41, 5.74) is 0.908. The van der Waals surface area contributed by atoms with Crippen molar-refractivity contribution in [2.24, 2.45) is 0 Å². The van der Waals surface area contributed by atoms with Crippen molar-refractivity contribution in [1.29, 1.82) is 0 Å². The largest absolute Gasteiger partial charge is 0.480 e. The molecule has 0 fully saturated rings. The van der Waals surface area contributed by atoms with Gasteiger partial charge in [-0.2, -0.15) is 0 Å². The number of rotatable bonds is 3. The number of ether oxygens (including phenoxy) is 2. The van der Waals surface area contributed by atoms with Crippen LogP contribution in [0.4, 0.5) is 0 Å². The summed E-state index contributed by atoms with van der Waals surface area (Å²) in [6.45, 7) is 1.80. The number of carbonyl (C=O) groups is 1. The maximum absolute atomic E-state index is 10.7. The zero-order chi connectivity index (χ0) is 9.68. The number of nitrogens with zero attached hydrogens (tertiary/aromatic N) is 1. The van der Waals surface area contributed by atoms with Crippen LogP contribution in [0.3, 0.4) is 0 Å². The molecule has 0 aliphatic carbocycles. The number of aromatic nitrogens is 1. The number of hydrogen-bond acceptors (Lipinski definition) is 4. The Bertz CT molecular complexity index is 281. The smallest absolute Gasteiger partial charge is 0.343 e. The lowest BCUT2D eigenvalue weighted by molar-refractivity contribution is -0.142. The van der Waals surface area contributed by atoms with Crippen LogP contribution in [-0.4, -0.2) is 24.7 Å². The molecule has 0 radical (unpaired) electrons. The van der Waals surface area contributed by atoms with Gasteiger partial charge in [0.2, 0.25) is 0 Å². The van der Waals surface area contributed by atoms with Crippen molar-refractivity contribution < 1.29 is 14.3 Å². The monoisotopic (exact) mass is 181 g/mol. The molecule has 4 heteroatoms. The number of pyridine rings is 1. The van der Waals surface area contributed by atoms with Crippen LogP contribution in [0.2, 0.25) is 0 Å². The van der Waals surface area contributed by atoms with E-state index >= 15 is 0 Å². The molecular formula is C9H11NO3. The van der Waals surface area contributed by atoms with Gasteiger partial charge in [-0.3, -0.25) is 4.98 Å². The first-order valence-electron chi connectivity index (χ1n) is 3.84. The van der Waals surface area contributed by atoms with Crippen LogP contribution in [0, 0.1) is 6.92 Å². The van der Waals surface area contributed by atoms with E-state index in [0.717, 1.165) is 5.69 Å². The first-order chi connectivity index (χ1) is 6.22. The molecule has 0 saturated heterocycles. The van der Waals surface area contributed by atoms with Crippen molar-refractivity contribution in [2.75, 3.05) is 13.7 Å². The van der Waals surface area contributed by atoms with E-state index in [4.69, 9.17) is 4.74 Å². The molecule has 0 aliphatic heterocycles. The fourth-order valence-corrected chi connectivity index (χ4v) is 0.741. The quantitative estimate of drug-likeness (QED) is 0.651. The van der Waals surface area contributed by atoms with Gasteiger partial charge in [0.15, 0.2) is 6.61 Å². The Hall–Kier alpha value is -1.58. The highest BCUT2D eigenvalue weighted by atomic mass is 16.6. The van der Waals surface area contributed by atoms with Gasteiger partial charge in [-0.25, -0.2) is 4.79 Å². The van der Waals surface area contributed by atoms with Crippen molar-refractivity contribution in [3.8, 4) is 5.75 Å². The second kappa shape index (κ2) is 4.45.